The molecule has 1 amide bonds. The monoisotopic (exact) mass is 327 g/mol. The van der Waals surface area contributed by atoms with E-state index in [0.29, 0.717) is 11.7 Å². The summed E-state index contributed by atoms with van der Waals surface area (Å²) >= 11 is 1.42. The van der Waals surface area contributed by atoms with Crippen LogP contribution in [0.3, 0.4) is 0 Å². The number of thiazole rings is 1. The number of hydrogen-bond acceptors (Lipinski definition) is 6. The summed E-state index contributed by atoms with van der Waals surface area (Å²) in [5.74, 6) is -3.13. The fourth-order valence-corrected chi connectivity index (χ4v) is 4.87. The summed E-state index contributed by atoms with van der Waals surface area (Å²) in [5.41, 5.74) is -0.0308. The maximum absolute atomic E-state index is 12.9. The van der Waals surface area contributed by atoms with E-state index in [1.165, 1.54) is 11.3 Å². The predicted octanol–water partition coefficient (Wildman–Crippen LogP) is 0.333. The summed E-state index contributed by atoms with van der Waals surface area (Å²) in [6, 6.07) is 7.65. The Morgan fingerprint density at radius 1 is 1.43 bits per heavy atom. The fraction of sp³-hybridized carbons (Fsp3) is 0.312. The molecule has 0 aliphatic carbocycles. The van der Waals surface area contributed by atoms with E-state index in [1.807, 2.05) is 30.3 Å². The van der Waals surface area contributed by atoms with Crippen molar-refractivity contribution in [1.29, 1.82) is 0 Å². The van der Waals surface area contributed by atoms with E-state index in [2.05, 4.69) is 4.98 Å². The third kappa shape index (κ3) is 1.58. The van der Waals surface area contributed by atoms with Gasteiger partial charge in [-0.25, -0.2) is 4.98 Å². The first kappa shape index (κ1) is 13.2. The van der Waals surface area contributed by atoms with E-state index in [1.54, 1.807) is 11.0 Å². The molecule has 2 aromatic rings. The third-order valence-electron chi connectivity index (χ3n) is 4.89. The highest BCUT2D eigenvalue weighted by atomic mass is 32.1. The minimum atomic E-state index is -1.23. The van der Waals surface area contributed by atoms with Gasteiger partial charge in [0.25, 0.3) is 0 Å². The molecule has 116 valence electrons. The lowest BCUT2D eigenvalue weighted by Gasteiger charge is -2.24. The zero-order valence-corrected chi connectivity index (χ0v) is 12.7. The van der Waals surface area contributed by atoms with Crippen LogP contribution in [0.1, 0.15) is 0 Å². The molecule has 1 aromatic carbocycles. The predicted molar refractivity (Wildman–Crippen MR) is 80.7 cm³/mol. The Kier molecular flexibility index (Phi) is 2.40. The van der Waals surface area contributed by atoms with Crippen molar-refractivity contribution in [3.05, 3.63) is 36.4 Å². The number of fused-ring (bicyclic) bond motifs is 2. The number of carboxylic acid groups (broad SMARTS) is 1. The number of ether oxygens (including phenoxy) is 1. The van der Waals surface area contributed by atoms with Crippen molar-refractivity contribution in [1.82, 2.24) is 4.98 Å². The van der Waals surface area contributed by atoms with Crippen LogP contribution in [0, 0.1) is 11.8 Å². The second kappa shape index (κ2) is 4.18. The highest BCUT2D eigenvalue weighted by Gasteiger charge is 2.65. The SMILES string of the molecule is O=C([O-])[C@H]1[C@H]2C=C[C@@]3(CN(c4nc5ccccc5s4)C(=O)[C@@H]13)O2. The maximum atomic E-state index is 12.9. The van der Waals surface area contributed by atoms with Crippen LogP contribution in [-0.4, -0.2) is 35.1 Å². The summed E-state index contributed by atoms with van der Waals surface area (Å²) in [5, 5.41) is 12.0. The van der Waals surface area contributed by atoms with Crippen LogP contribution < -0.4 is 10.0 Å². The van der Waals surface area contributed by atoms with E-state index in [-0.39, 0.29) is 5.91 Å². The van der Waals surface area contributed by atoms with E-state index in [4.69, 9.17) is 4.74 Å². The molecule has 6 nitrogen and oxygen atoms in total. The molecule has 1 aromatic heterocycles. The molecule has 5 rings (SSSR count). The molecule has 0 unspecified atom stereocenters. The van der Waals surface area contributed by atoms with Crippen LogP contribution >= 0.6 is 11.3 Å². The van der Waals surface area contributed by atoms with Gasteiger partial charge >= 0.3 is 0 Å². The van der Waals surface area contributed by atoms with Crippen LogP contribution in [0.25, 0.3) is 10.2 Å². The van der Waals surface area contributed by atoms with Crippen LogP contribution in [-0.2, 0) is 14.3 Å². The highest BCUT2D eigenvalue weighted by Crippen LogP contribution is 2.52. The molecule has 3 aliphatic rings. The standard InChI is InChI=1S/C16H12N2O4S/c19-13-12-11(14(20)21)9-5-6-16(12,22-9)7-18(13)15-17-8-3-1-2-4-10(8)23-15/h1-6,9,11-12H,7H2,(H,20,21)/p-1/t9-,11+,12-,16+/m1/s1. The molecule has 0 radical (unpaired) electrons. The number of carbonyl (C=O) groups is 2. The molecular weight excluding hydrogens is 316 g/mol. The molecule has 2 bridgehead atoms. The zero-order chi connectivity index (χ0) is 15.8. The molecule has 2 fully saturated rings. The number of carboxylic acids is 1. The first-order valence-electron chi connectivity index (χ1n) is 7.34. The van der Waals surface area contributed by atoms with Crippen LogP contribution in [0.2, 0.25) is 0 Å². The zero-order valence-electron chi connectivity index (χ0n) is 11.8. The summed E-state index contributed by atoms with van der Waals surface area (Å²) in [6.45, 7) is 0.299. The average Bonchev–Trinajstić information content (AvgIpc) is 3.25. The topological polar surface area (TPSA) is 82.6 Å². The molecule has 4 atom stereocenters. The third-order valence-corrected chi connectivity index (χ3v) is 5.95. The Hall–Kier alpha value is -2.25. The summed E-state index contributed by atoms with van der Waals surface area (Å²) in [7, 11) is 0. The first-order chi connectivity index (χ1) is 11.1. The van der Waals surface area contributed by atoms with Gasteiger partial charge in [0.1, 0.15) is 5.60 Å². The molecule has 0 N–H and O–H groups in total. The lowest BCUT2D eigenvalue weighted by molar-refractivity contribution is -0.313. The number of carbonyl (C=O) groups excluding carboxylic acids is 2. The van der Waals surface area contributed by atoms with Crippen LogP contribution in [0.15, 0.2) is 36.4 Å². The van der Waals surface area contributed by atoms with Crippen molar-refractivity contribution >= 4 is 38.6 Å². The first-order valence-corrected chi connectivity index (χ1v) is 8.16. The van der Waals surface area contributed by atoms with E-state index in [0.717, 1.165) is 10.2 Å². The number of anilines is 1. The Balaban J connectivity index is 1.58. The average molecular weight is 327 g/mol. The Bertz CT molecular complexity index is 858. The summed E-state index contributed by atoms with van der Waals surface area (Å²) in [6.07, 6.45) is 2.99. The van der Waals surface area contributed by atoms with Crippen molar-refractivity contribution in [3.8, 4) is 0 Å². The van der Waals surface area contributed by atoms with Gasteiger partial charge in [-0.2, -0.15) is 0 Å². The molecule has 2 saturated heterocycles. The summed E-state index contributed by atoms with van der Waals surface area (Å²) in [4.78, 5) is 30.4. The number of aliphatic carboxylic acids is 1. The van der Waals surface area contributed by atoms with Crippen molar-refractivity contribution in [2.75, 3.05) is 11.4 Å². The summed E-state index contributed by atoms with van der Waals surface area (Å²) < 4.78 is 6.82. The number of rotatable bonds is 2. The molecular formula is C16H11N2O4S-. The van der Waals surface area contributed by atoms with Gasteiger partial charge in [0.05, 0.1) is 28.8 Å². The molecule has 23 heavy (non-hydrogen) atoms. The number of hydrogen-bond donors (Lipinski definition) is 0. The number of para-hydroxylation sites is 1. The Morgan fingerprint density at radius 3 is 3.04 bits per heavy atom. The lowest BCUT2D eigenvalue weighted by atomic mass is 9.77. The van der Waals surface area contributed by atoms with Gasteiger partial charge in [-0.1, -0.05) is 35.6 Å². The second-order valence-electron chi connectivity index (χ2n) is 6.11. The van der Waals surface area contributed by atoms with Gasteiger partial charge in [0.15, 0.2) is 5.13 Å². The number of nitrogens with zero attached hydrogens (tertiary/aromatic N) is 2. The van der Waals surface area contributed by atoms with Crippen LogP contribution in [0.4, 0.5) is 5.13 Å². The number of aromatic nitrogens is 1. The fourth-order valence-electron chi connectivity index (χ4n) is 3.90. The largest absolute Gasteiger partial charge is 0.550 e. The Labute approximate surface area is 135 Å². The lowest BCUT2D eigenvalue weighted by Crippen LogP contribution is -2.45. The van der Waals surface area contributed by atoms with Gasteiger partial charge in [0.2, 0.25) is 5.91 Å². The maximum Gasteiger partial charge on any atom is 0.236 e. The van der Waals surface area contributed by atoms with Gasteiger partial charge < -0.3 is 14.6 Å². The normalized spacial score (nSPS) is 34.5. The van der Waals surface area contributed by atoms with Gasteiger partial charge in [-0.15, -0.1) is 0 Å². The van der Waals surface area contributed by atoms with Crippen molar-refractivity contribution < 1.29 is 19.4 Å². The second-order valence-corrected chi connectivity index (χ2v) is 7.12. The molecule has 4 heterocycles. The van der Waals surface area contributed by atoms with Gasteiger partial charge in [-0.05, 0) is 12.1 Å². The quantitative estimate of drug-likeness (QED) is 0.743. The minimum absolute atomic E-state index is 0.245. The van der Waals surface area contributed by atoms with Crippen molar-refractivity contribution in [2.24, 2.45) is 11.8 Å². The molecule has 3 aliphatic heterocycles. The Morgan fingerprint density at radius 2 is 2.26 bits per heavy atom. The van der Waals surface area contributed by atoms with Crippen molar-refractivity contribution in [2.45, 2.75) is 11.7 Å². The molecule has 1 spiro atoms. The van der Waals surface area contributed by atoms with E-state index >= 15 is 0 Å². The van der Waals surface area contributed by atoms with Gasteiger partial charge in [-0.3, -0.25) is 9.69 Å². The van der Waals surface area contributed by atoms with E-state index in [9.17, 15) is 14.7 Å². The minimum Gasteiger partial charge on any atom is -0.550 e. The molecule has 7 heteroatoms. The van der Waals surface area contributed by atoms with Crippen molar-refractivity contribution in [3.63, 3.8) is 0 Å². The smallest absolute Gasteiger partial charge is 0.236 e. The van der Waals surface area contributed by atoms with Crippen LogP contribution in [0.5, 0.6) is 0 Å². The van der Waals surface area contributed by atoms with E-state index < -0.39 is 29.5 Å². The number of amides is 1. The van der Waals surface area contributed by atoms with Gasteiger partial charge in [0, 0.05) is 11.9 Å². The number of benzene rings is 1. The highest BCUT2D eigenvalue weighted by molar-refractivity contribution is 7.22. The molecule has 0 saturated carbocycles.